The van der Waals surface area contributed by atoms with E-state index < -0.39 is 4.92 Å². The molecule has 6 nitrogen and oxygen atoms in total. The second-order valence-electron chi connectivity index (χ2n) is 2.09. The Balaban J connectivity index is 3.23. The van der Waals surface area contributed by atoms with Crippen LogP contribution in [0.5, 0.6) is 5.75 Å². The van der Waals surface area contributed by atoms with Gasteiger partial charge in [-0.2, -0.15) is 5.26 Å². The van der Waals surface area contributed by atoms with Crippen molar-refractivity contribution in [3.05, 3.63) is 27.9 Å². The zero-order valence-electron chi connectivity index (χ0n) is 6.72. The summed E-state index contributed by atoms with van der Waals surface area (Å²) in [5.74, 6) is -0.134. The lowest BCUT2D eigenvalue weighted by Crippen LogP contribution is -1.96. The normalized spacial score (nSPS) is 8.92. The molecule has 1 heterocycles. The van der Waals surface area contributed by atoms with Gasteiger partial charge in [0.15, 0.2) is 11.8 Å². The van der Waals surface area contributed by atoms with Crippen LogP contribution < -0.4 is 4.74 Å². The second-order valence-corrected chi connectivity index (χ2v) is 2.09. The predicted molar refractivity (Wildman–Crippen MR) is 42.2 cm³/mol. The summed E-state index contributed by atoms with van der Waals surface area (Å²) in [6.45, 7) is 0. The van der Waals surface area contributed by atoms with Gasteiger partial charge >= 0.3 is 5.82 Å². The van der Waals surface area contributed by atoms with Crippen LogP contribution in [0.3, 0.4) is 0 Å². The molecule has 0 atom stereocenters. The largest absolute Gasteiger partial charge is 0.491 e. The Labute approximate surface area is 73.5 Å². The smallest absolute Gasteiger partial charge is 0.365 e. The average molecular weight is 179 g/mol. The lowest BCUT2D eigenvalue weighted by Gasteiger charge is -1.97. The number of rotatable bonds is 2. The highest BCUT2D eigenvalue weighted by atomic mass is 16.6. The highest BCUT2D eigenvalue weighted by Gasteiger charge is 2.14. The monoisotopic (exact) mass is 179 g/mol. The SMILES string of the molecule is COc1ccc([N+](=O)[O-])nc1C#N. The Kier molecular flexibility index (Phi) is 2.40. The number of aromatic nitrogens is 1. The van der Waals surface area contributed by atoms with Gasteiger partial charge in [0.1, 0.15) is 0 Å². The Morgan fingerprint density at radius 3 is 2.85 bits per heavy atom. The predicted octanol–water partition coefficient (Wildman–Crippen LogP) is 0.870. The number of methoxy groups -OCH3 is 1. The van der Waals surface area contributed by atoms with Crippen molar-refractivity contribution < 1.29 is 9.66 Å². The van der Waals surface area contributed by atoms with Crippen LogP contribution in [-0.4, -0.2) is 17.0 Å². The first-order valence-electron chi connectivity index (χ1n) is 3.28. The summed E-state index contributed by atoms with van der Waals surface area (Å²) in [6, 6.07) is 4.22. The van der Waals surface area contributed by atoms with Crippen molar-refractivity contribution in [2.45, 2.75) is 0 Å². The molecule has 0 aliphatic carbocycles. The van der Waals surface area contributed by atoms with Gasteiger partial charge in [-0.3, -0.25) is 0 Å². The number of hydrogen-bond donors (Lipinski definition) is 0. The molecule has 0 saturated carbocycles. The average Bonchev–Trinajstić information content (AvgIpc) is 2.16. The fraction of sp³-hybridized carbons (Fsp3) is 0.143. The molecular formula is C7H5N3O3. The number of nitriles is 1. The minimum absolute atomic E-state index is 0.0864. The molecule has 0 unspecified atom stereocenters. The third kappa shape index (κ3) is 1.70. The van der Waals surface area contributed by atoms with Gasteiger partial charge < -0.3 is 14.9 Å². The third-order valence-electron chi connectivity index (χ3n) is 1.36. The van der Waals surface area contributed by atoms with Gasteiger partial charge in [0, 0.05) is 6.07 Å². The van der Waals surface area contributed by atoms with Crippen LogP contribution in [-0.2, 0) is 0 Å². The summed E-state index contributed by atoms with van der Waals surface area (Å²) in [5.41, 5.74) is -0.0864. The lowest BCUT2D eigenvalue weighted by molar-refractivity contribution is -0.389. The van der Waals surface area contributed by atoms with E-state index in [9.17, 15) is 10.1 Å². The Hall–Kier alpha value is -2.16. The molecular weight excluding hydrogens is 174 g/mol. The summed E-state index contributed by atoms with van der Waals surface area (Å²) in [6.07, 6.45) is 0. The van der Waals surface area contributed by atoms with E-state index in [-0.39, 0.29) is 17.3 Å². The van der Waals surface area contributed by atoms with E-state index in [1.54, 1.807) is 6.07 Å². The van der Waals surface area contributed by atoms with Crippen molar-refractivity contribution >= 4 is 5.82 Å². The molecule has 0 N–H and O–H groups in total. The zero-order valence-corrected chi connectivity index (χ0v) is 6.72. The van der Waals surface area contributed by atoms with Crippen LogP contribution in [0.1, 0.15) is 5.69 Å². The van der Waals surface area contributed by atoms with Crippen molar-refractivity contribution in [2.75, 3.05) is 7.11 Å². The van der Waals surface area contributed by atoms with Crippen LogP contribution in [0.15, 0.2) is 12.1 Å². The standard InChI is InChI=1S/C7H5N3O3/c1-13-6-2-3-7(10(11)12)9-5(6)4-8/h2-3H,1H3. The van der Waals surface area contributed by atoms with E-state index in [0.717, 1.165) is 0 Å². The molecule has 0 amide bonds. The van der Waals surface area contributed by atoms with E-state index in [4.69, 9.17) is 10.00 Å². The second kappa shape index (κ2) is 3.49. The van der Waals surface area contributed by atoms with Crippen LogP contribution in [0.25, 0.3) is 0 Å². The summed E-state index contributed by atoms with van der Waals surface area (Å²) in [4.78, 5) is 13.1. The fourth-order valence-electron chi connectivity index (χ4n) is 0.783. The maximum absolute atomic E-state index is 10.3. The summed E-state index contributed by atoms with van der Waals surface area (Å²) in [5, 5.41) is 18.8. The molecule has 0 fully saturated rings. The van der Waals surface area contributed by atoms with Crippen LogP contribution in [0, 0.1) is 21.4 Å². The molecule has 13 heavy (non-hydrogen) atoms. The Morgan fingerprint density at radius 2 is 2.38 bits per heavy atom. The van der Waals surface area contributed by atoms with Crippen LogP contribution in [0.2, 0.25) is 0 Å². The first-order chi connectivity index (χ1) is 6.19. The maximum Gasteiger partial charge on any atom is 0.365 e. The van der Waals surface area contributed by atoms with E-state index in [1.165, 1.54) is 19.2 Å². The van der Waals surface area contributed by atoms with Crippen molar-refractivity contribution in [2.24, 2.45) is 0 Å². The van der Waals surface area contributed by atoms with Gasteiger partial charge in [0.2, 0.25) is 0 Å². The summed E-state index contributed by atoms with van der Waals surface area (Å²) in [7, 11) is 1.36. The topological polar surface area (TPSA) is 89.1 Å². The molecule has 0 aromatic carbocycles. The fourth-order valence-corrected chi connectivity index (χ4v) is 0.783. The molecule has 1 aromatic heterocycles. The lowest BCUT2D eigenvalue weighted by atomic mass is 10.3. The molecule has 1 aromatic rings. The quantitative estimate of drug-likeness (QED) is 0.496. The molecule has 66 valence electrons. The van der Waals surface area contributed by atoms with E-state index >= 15 is 0 Å². The van der Waals surface area contributed by atoms with Crippen molar-refractivity contribution in [1.82, 2.24) is 4.98 Å². The van der Waals surface area contributed by atoms with Crippen LogP contribution >= 0.6 is 0 Å². The minimum Gasteiger partial charge on any atom is -0.491 e. The highest BCUT2D eigenvalue weighted by molar-refractivity contribution is 5.41. The number of nitrogens with zero attached hydrogens (tertiary/aromatic N) is 3. The molecule has 0 aliphatic rings. The molecule has 0 bridgehead atoms. The first kappa shape index (κ1) is 8.93. The van der Waals surface area contributed by atoms with Gasteiger partial charge in [0.05, 0.1) is 7.11 Å². The molecule has 0 aliphatic heterocycles. The molecule has 0 saturated heterocycles. The van der Waals surface area contributed by atoms with Crippen molar-refractivity contribution in [1.29, 1.82) is 5.26 Å². The van der Waals surface area contributed by atoms with Crippen molar-refractivity contribution in [3.8, 4) is 11.8 Å². The van der Waals surface area contributed by atoms with Gasteiger partial charge in [-0.1, -0.05) is 0 Å². The Bertz CT molecular complexity index is 383. The summed E-state index contributed by atoms with van der Waals surface area (Å²) >= 11 is 0. The van der Waals surface area contributed by atoms with E-state index in [2.05, 4.69) is 4.98 Å². The number of ether oxygens (including phenoxy) is 1. The third-order valence-corrected chi connectivity index (χ3v) is 1.36. The maximum atomic E-state index is 10.3. The van der Waals surface area contributed by atoms with Gasteiger partial charge in [-0.05, 0) is 16.0 Å². The van der Waals surface area contributed by atoms with Gasteiger partial charge in [-0.25, -0.2) is 0 Å². The van der Waals surface area contributed by atoms with Gasteiger partial charge in [-0.15, -0.1) is 0 Å². The van der Waals surface area contributed by atoms with Gasteiger partial charge in [0.25, 0.3) is 5.69 Å². The van der Waals surface area contributed by atoms with E-state index in [1.807, 2.05) is 0 Å². The molecule has 0 spiro atoms. The van der Waals surface area contributed by atoms with Crippen molar-refractivity contribution in [3.63, 3.8) is 0 Å². The highest BCUT2D eigenvalue weighted by Crippen LogP contribution is 2.18. The molecule has 6 heteroatoms. The Morgan fingerprint density at radius 1 is 1.69 bits per heavy atom. The minimum atomic E-state index is -0.666. The number of nitro groups is 1. The first-order valence-corrected chi connectivity index (χ1v) is 3.28. The summed E-state index contributed by atoms with van der Waals surface area (Å²) < 4.78 is 4.76. The number of hydrogen-bond acceptors (Lipinski definition) is 5. The molecule has 0 radical (unpaired) electrons. The molecule has 1 rings (SSSR count). The zero-order chi connectivity index (χ0) is 9.84. The van der Waals surface area contributed by atoms with Crippen LogP contribution in [0.4, 0.5) is 5.82 Å². The van der Waals surface area contributed by atoms with E-state index in [0.29, 0.717) is 0 Å². The number of pyridine rings is 1.